The zero-order chi connectivity index (χ0) is 21.6. The Balaban J connectivity index is 0. The van der Waals surface area contributed by atoms with Gasteiger partial charge in [0, 0.05) is 31.3 Å². The molecule has 1 rings (SSSR count). The number of carbonyl (C=O) groups is 2. The van der Waals surface area contributed by atoms with E-state index in [1.54, 1.807) is 4.90 Å². The van der Waals surface area contributed by atoms with Crippen molar-refractivity contribution < 1.29 is 23.8 Å². The van der Waals surface area contributed by atoms with E-state index in [-0.39, 0.29) is 18.6 Å². The minimum Gasteiger partial charge on any atom is -0.447 e. The number of ether oxygens (including phenoxy) is 3. The molecule has 7 nitrogen and oxygen atoms in total. The molecule has 0 atom stereocenters. The highest BCUT2D eigenvalue weighted by molar-refractivity contribution is 7.99. The van der Waals surface area contributed by atoms with Crippen molar-refractivity contribution in [1.82, 2.24) is 10.2 Å². The predicted molar refractivity (Wildman–Crippen MR) is 117 cm³/mol. The highest BCUT2D eigenvalue weighted by atomic mass is 32.2. The molecule has 0 aromatic heterocycles. The van der Waals surface area contributed by atoms with Crippen LogP contribution in [0.4, 0.5) is 4.79 Å². The fourth-order valence-electron chi connectivity index (χ4n) is 2.26. The lowest BCUT2D eigenvalue weighted by molar-refractivity contribution is -0.121. The number of carbonyl (C=O) groups excluding carboxylic acids is 2. The summed E-state index contributed by atoms with van der Waals surface area (Å²) in [7, 11) is 0. The van der Waals surface area contributed by atoms with E-state index in [0.717, 1.165) is 25.9 Å². The van der Waals surface area contributed by atoms with Crippen LogP contribution in [0.2, 0.25) is 0 Å². The normalized spacial score (nSPS) is 13.6. The Morgan fingerprint density at radius 3 is 2.04 bits per heavy atom. The first-order chi connectivity index (χ1) is 13.7. The Hall–Kier alpha value is -0.990. The van der Waals surface area contributed by atoms with Gasteiger partial charge >= 0.3 is 6.09 Å². The third-order valence-electron chi connectivity index (χ3n) is 3.75. The standard InChI is InChI=1S/C16H30N2O5S.2C2H6/c1-3-15(19)17-6-9-21-10-11-22-12-13-23-16(20)18-7-4-14(24-2)5-8-18;2*1-2/h14H,3-13H2,1-2H3,(H,17,19);2*1-2H3. The molecule has 1 heterocycles. The number of rotatable bonds is 11. The quantitative estimate of drug-likeness (QED) is 0.513. The molecule has 1 aliphatic heterocycles. The van der Waals surface area contributed by atoms with Crippen LogP contribution in [-0.2, 0) is 19.0 Å². The smallest absolute Gasteiger partial charge is 0.409 e. The maximum atomic E-state index is 11.9. The summed E-state index contributed by atoms with van der Waals surface area (Å²) in [6, 6.07) is 0. The fraction of sp³-hybridized carbons (Fsp3) is 0.900. The summed E-state index contributed by atoms with van der Waals surface area (Å²) in [4.78, 5) is 24.6. The van der Waals surface area contributed by atoms with Gasteiger partial charge in [-0.1, -0.05) is 34.6 Å². The molecule has 0 aromatic carbocycles. The topological polar surface area (TPSA) is 77.1 Å². The van der Waals surface area contributed by atoms with E-state index in [2.05, 4.69) is 11.6 Å². The van der Waals surface area contributed by atoms with Crippen molar-refractivity contribution in [2.24, 2.45) is 0 Å². The highest BCUT2D eigenvalue weighted by Crippen LogP contribution is 2.21. The van der Waals surface area contributed by atoms with E-state index < -0.39 is 0 Å². The first-order valence-electron chi connectivity index (χ1n) is 10.5. The summed E-state index contributed by atoms with van der Waals surface area (Å²) in [5.41, 5.74) is 0. The zero-order valence-electron chi connectivity index (χ0n) is 18.8. The lowest BCUT2D eigenvalue weighted by Crippen LogP contribution is -2.40. The van der Waals surface area contributed by atoms with Crippen LogP contribution in [0.25, 0.3) is 0 Å². The molecule has 0 spiro atoms. The molecule has 8 heteroatoms. The van der Waals surface area contributed by atoms with Crippen LogP contribution < -0.4 is 5.32 Å². The van der Waals surface area contributed by atoms with Gasteiger partial charge in [0.15, 0.2) is 0 Å². The molecule has 1 saturated heterocycles. The summed E-state index contributed by atoms with van der Waals surface area (Å²) >= 11 is 1.86. The van der Waals surface area contributed by atoms with Gasteiger partial charge in [0.25, 0.3) is 0 Å². The van der Waals surface area contributed by atoms with Crippen LogP contribution in [-0.4, -0.2) is 81.1 Å². The summed E-state index contributed by atoms with van der Waals surface area (Å²) in [5.74, 6) is 0.0225. The second kappa shape index (κ2) is 22.3. The highest BCUT2D eigenvalue weighted by Gasteiger charge is 2.22. The minimum absolute atomic E-state index is 0.0225. The Kier molecular flexibility index (Phi) is 23.3. The van der Waals surface area contributed by atoms with Gasteiger partial charge in [-0.15, -0.1) is 0 Å². The number of nitrogens with one attached hydrogen (secondary N) is 1. The van der Waals surface area contributed by atoms with Crippen LogP contribution in [0, 0.1) is 0 Å². The van der Waals surface area contributed by atoms with Crippen molar-refractivity contribution in [3.63, 3.8) is 0 Å². The number of likely N-dealkylation sites (tertiary alicyclic amines) is 1. The van der Waals surface area contributed by atoms with Crippen LogP contribution in [0.15, 0.2) is 0 Å². The van der Waals surface area contributed by atoms with Crippen molar-refractivity contribution in [2.45, 2.75) is 59.1 Å². The number of thioether (sulfide) groups is 1. The minimum atomic E-state index is -0.249. The van der Waals surface area contributed by atoms with Crippen LogP contribution >= 0.6 is 11.8 Å². The summed E-state index contributed by atoms with van der Waals surface area (Å²) in [6.07, 6.45) is 4.41. The monoisotopic (exact) mass is 422 g/mol. The fourth-order valence-corrected chi connectivity index (χ4v) is 2.95. The van der Waals surface area contributed by atoms with Crippen molar-refractivity contribution in [2.75, 3.05) is 58.9 Å². The molecule has 1 fully saturated rings. The summed E-state index contributed by atoms with van der Waals surface area (Å²) < 4.78 is 15.9. The molecule has 2 amide bonds. The number of hydrogen-bond donors (Lipinski definition) is 1. The molecular weight excluding hydrogens is 380 g/mol. The third-order valence-corrected chi connectivity index (χ3v) is 4.89. The maximum Gasteiger partial charge on any atom is 0.409 e. The third kappa shape index (κ3) is 16.0. The molecule has 28 heavy (non-hydrogen) atoms. The largest absolute Gasteiger partial charge is 0.447 e. The molecule has 0 saturated carbocycles. The predicted octanol–water partition coefficient (Wildman–Crippen LogP) is 3.56. The van der Waals surface area contributed by atoms with E-state index in [4.69, 9.17) is 14.2 Å². The zero-order valence-corrected chi connectivity index (χ0v) is 19.6. The molecule has 1 N–H and O–H groups in total. The average molecular weight is 423 g/mol. The summed E-state index contributed by atoms with van der Waals surface area (Å²) in [5, 5.41) is 3.39. The number of amides is 2. The van der Waals surface area contributed by atoms with Crippen molar-refractivity contribution in [3.8, 4) is 0 Å². The Bertz CT molecular complexity index is 365. The number of nitrogens with zero attached hydrogens (tertiary/aromatic N) is 1. The van der Waals surface area contributed by atoms with Gasteiger partial charge < -0.3 is 24.4 Å². The molecule has 0 unspecified atom stereocenters. The molecule has 1 aliphatic rings. The van der Waals surface area contributed by atoms with E-state index in [0.29, 0.717) is 44.6 Å². The molecule has 168 valence electrons. The second-order valence-corrected chi connectivity index (χ2v) is 6.60. The second-order valence-electron chi connectivity index (χ2n) is 5.46. The molecule has 0 aromatic rings. The number of piperidine rings is 1. The number of hydrogen-bond acceptors (Lipinski definition) is 6. The Morgan fingerprint density at radius 2 is 1.50 bits per heavy atom. The molecular formula is C20H42N2O5S. The lowest BCUT2D eigenvalue weighted by atomic mass is 10.1. The van der Waals surface area contributed by atoms with Crippen LogP contribution in [0.5, 0.6) is 0 Å². The first kappa shape index (κ1) is 29.2. The van der Waals surface area contributed by atoms with Gasteiger partial charge in [0.1, 0.15) is 6.61 Å². The van der Waals surface area contributed by atoms with Gasteiger partial charge in [-0.05, 0) is 19.1 Å². The van der Waals surface area contributed by atoms with Crippen molar-refractivity contribution >= 4 is 23.8 Å². The van der Waals surface area contributed by atoms with Gasteiger partial charge in [-0.25, -0.2) is 4.79 Å². The van der Waals surface area contributed by atoms with Crippen molar-refractivity contribution in [3.05, 3.63) is 0 Å². The molecule has 0 bridgehead atoms. The summed E-state index contributed by atoms with van der Waals surface area (Å²) in [6.45, 7) is 13.9. The van der Waals surface area contributed by atoms with E-state index in [9.17, 15) is 9.59 Å². The van der Waals surface area contributed by atoms with Gasteiger partial charge in [0.05, 0.1) is 26.4 Å². The van der Waals surface area contributed by atoms with Crippen molar-refractivity contribution in [1.29, 1.82) is 0 Å². The van der Waals surface area contributed by atoms with E-state index in [1.165, 1.54) is 0 Å². The van der Waals surface area contributed by atoms with E-state index in [1.807, 2.05) is 46.4 Å². The van der Waals surface area contributed by atoms with Crippen LogP contribution in [0.3, 0.4) is 0 Å². The molecule has 0 aliphatic carbocycles. The van der Waals surface area contributed by atoms with E-state index >= 15 is 0 Å². The SMILES string of the molecule is CC.CC.CCC(=O)NCCOCCOCCOC(=O)N1CCC(SC)CC1. The van der Waals surface area contributed by atoms with Gasteiger partial charge in [-0.2, -0.15) is 11.8 Å². The van der Waals surface area contributed by atoms with Gasteiger partial charge in [0.2, 0.25) is 5.91 Å². The Morgan fingerprint density at radius 1 is 0.964 bits per heavy atom. The molecule has 0 radical (unpaired) electrons. The Labute approximate surface area is 176 Å². The first-order valence-corrected chi connectivity index (χ1v) is 11.8. The lowest BCUT2D eigenvalue weighted by Gasteiger charge is -2.30. The van der Waals surface area contributed by atoms with Crippen LogP contribution in [0.1, 0.15) is 53.9 Å². The van der Waals surface area contributed by atoms with Gasteiger partial charge in [-0.3, -0.25) is 4.79 Å². The average Bonchev–Trinajstić information content (AvgIpc) is 2.77. The maximum absolute atomic E-state index is 11.9.